The lowest BCUT2D eigenvalue weighted by atomic mass is 9.97. The van der Waals surface area contributed by atoms with Gasteiger partial charge in [0.2, 0.25) is 0 Å². The van der Waals surface area contributed by atoms with Crippen LogP contribution in [0.5, 0.6) is 0 Å². The largest absolute Gasteiger partial charge is 0.481 e. The Kier molecular flexibility index (Phi) is 6.58. The molecule has 0 aliphatic carbocycles. The third kappa shape index (κ3) is 4.99. The van der Waals surface area contributed by atoms with Crippen molar-refractivity contribution in [1.29, 1.82) is 0 Å². The smallest absolute Gasteiger partial charge is 0.306 e. The molecule has 0 atom stereocenters. The fourth-order valence-electron chi connectivity index (χ4n) is 2.48. The van der Waals surface area contributed by atoms with Gasteiger partial charge in [0.1, 0.15) is 0 Å². The van der Waals surface area contributed by atoms with Gasteiger partial charge >= 0.3 is 5.97 Å². The van der Waals surface area contributed by atoms with E-state index >= 15 is 0 Å². The summed E-state index contributed by atoms with van der Waals surface area (Å²) in [6, 6.07) is 6.60. The van der Waals surface area contributed by atoms with Crippen LogP contribution in [-0.2, 0) is 11.2 Å². The third-order valence-electron chi connectivity index (χ3n) is 3.80. The molecule has 2 rings (SSSR count). The fourth-order valence-corrected chi connectivity index (χ4v) is 2.48. The topological polar surface area (TPSA) is 83.7 Å². The Labute approximate surface area is 129 Å². The van der Waals surface area contributed by atoms with Crippen LogP contribution in [0.4, 0.5) is 5.69 Å². The lowest BCUT2D eigenvalue weighted by Crippen LogP contribution is -2.37. The number of carboxylic acids is 1. The van der Waals surface area contributed by atoms with E-state index in [0.717, 1.165) is 31.6 Å². The summed E-state index contributed by atoms with van der Waals surface area (Å²) in [6.45, 7) is 2.48. The highest BCUT2D eigenvalue weighted by molar-refractivity contribution is 5.85. The molecule has 0 unspecified atom stereocenters. The highest BCUT2D eigenvalue weighted by Gasteiger charge is 2.23. The fraction of sp³-hybridized carbons (Fsp3) is 0.500. The minimum Gasteiger partial charge on any atom is -0.481 e. The average Bonchev–Trinajstić information content (AvgIpc) is 2.46. The predicted molar refractivity (Wildman–Crippen MR) is 80.8 cm³/mol. The summed E-state index contributed by atoms with van der Waals surface area (Å²) >= 11 is 0. The number of aliphatic carboxylic acids is 1. The summed E-state index contributed by atoms with van der Waals surface area (Å²) in [5.74, 6) is -0.898. The van der Waals surface area contributed by atoms with Gasteiger partial charge in [-0.25, -0.2) is 0 Å². The van der Waals surface area contributed by atoms with Gasteiger partial charge in [-0.3, -0.25) is 14.9 Å². The first kappa shape index (κ1) is 17.4. The van der Waals surface area contributed by atoms with Gasteiger partial charge in [0.15, 0.2) is 0 Å². The second-order valence-electron chi connectivity index (χ2n) is 5.13. The molecule has 0 saturated carbocycles. The molecule has 0 amide bonds. The summed E-state index contributed by atoms with van der Waals surface area (Å²) in [5, 5.41) is 19.5. The van der Waals surface area contributed by atoms with Gasteiger partial charge in [0.25, 0.3) is 5.69 Å². The number of hydrogen-bond acceptors (Lipinski definition) is 4. The Morgan fingerprint density at radius 3 is 2.33 bits per heavy atom. The van der Waals surface area contributed by atoms with Crippen molar-refractivity contribution < 1.29 is 14.8 Å². The predicted octanol–water partition coefficient (Wildman–Crippen LogP) is 2.36. The van der Waals surface area contributed by atoms with E-state index in [9.17, 15) is 14.9 Å². The van der Waals surface area contributed by atoms with Crippen molar-refractivity contribution >= 4 is 24.1 Å². The van der Waals surface area contributed by atoms with Crippen LogP contribution in [-0.4, -0.2) is 40.5 Å². The Balaban J connectivity index is 0.00000220. The van der Waals surface area contributed by atoms with E-state index in [-0.39, 0.29) is 24.0 Å². The number of piperidine rings is 1. The molecule has 0 radical (unpaired) electrons. The molecule has 1 aliphatic heterocycles. The average molecular weight is 315 g/mol. The van der Waals surface area contributed by atoms with Crippen molar-refractivity contribution in [3.63, 3.8) is 0 Å². The van der Waals surface area contributed by atoms with Gasteiger partial charge in [-0.15, -0.1) is 12.4 Å². The number of likely N-dealkylation sites (tertiary alicyclic amines) is 1. The number of carboxylic acid groups (broad SMARTS) is 1. The van der Waals surface area contributed by atoms with Gasteiger partial charge in [-0.1, -0.05) is 12.1 Å². The van der Waals surface area contributed by atoms with E-state index in [0.29, 0.717) is 12.8 Å². The molecular formula is C14H19ClN2O4. The second-order valence-corrected chi connectivity index (χ2v) is 5.13. The second kappa shape index (κ2) is 7.95. The van der Waals surface area contributed by atoms with Crippen molar-refractivity contribution in [3.05, 3.63) is 39.9 Å². The van der Waals surface area contributed by atoms with Crippen LogP contribution in [0, 0.1) is 16.0 Å². The van der Waals surface area contributed by atoms with Gasteiger partial charge in [0, 0.05) is 18.7 Å². The normalized spacial score (nSPS) is 16.2. The molecule has 1 saturated heterocycles. The van der Waals surface area contributed by atoms with E-state index in [1.165, 1.54) is 12.1 Å². The SMILES string of the molecule is Cl.O=C(O)C1CCN(CCc2ccc([N+](=O)[O-])cc2)CC1. The lowest BCUT2D eigenvalue weighted by Gasteiger charge is -2.29. The van der Waals surface area contributed by atoms with Crippen LogP contribution in [0.2, 0.25) is 0 Å². The summed E-state index contributed by atoms with van der Waals surface area (Å²) in [4.78, 5) is 23.3. The summed E-state index contributed by atoms with van der Waals surface area (Å²) in [5.41, 5.74) is 1.17. The Morgan fingerprint density at radius 2 is 1.86 bits per heavy atom. The standard InChI is InChI=1S/C14H18N2O4.ClH/c17-14(18)12-6-9-15(10-7-12)8-5-11-1-3-13(4-2-11)16(19)20;/h1-4,12H,5-10H2,(H,17,18);1H. The number of nitro benzene ring substituents is 1. The van der Waals surface area contributed by atoms with Crippen molar-refractivity contribution in [2.75, 3.05) is 19.6 Å². The number of benzene rings is 1. The molecule has 1 aromatic carbocycles. The minimum atomic E-state index is -0.694. The van der Waals surface area contributed by atoms with Crippen LogP contribution in [0.1, 0.15) is 18.4 Å². The summed E-state index contributed by atoms with van der Waals surface area (Å²) in [6.07, 6.45) is 2.24. The maximum absolute atomic E-state index is 10.9. The Hall–Kier alpha value is -1.66. The monoisotopic (exact) mass is 314 g/mol. The van der Waals surface area contributed by atoms with Crippen LogP contribution >= 0.6 is 12.4 Å². The maximum Gasteiger partial charge on any atom is 0.306 e. The number of nitro groups is 1. The van der Waals surface area contributed by atoms with E-state index in [1.54, 1.807) is 12.1 Å². The summed E-state index contributed by atoms with van der Waals surface area (Å²) < 4.78 is 0. The first-order valence-electron chi connectivity index (χ1n) is 6.75. The van der Waals surface area contributed by atoms with Gasteiger partial charge in [-0.05, 0) is 37.9 Å². The van der Waals surface area contributed by atoms with E-state index in [1.807, 2.05) is 0 Å². The van der Waals surface area contributed by atoms with E-state index in [2.05, 4.69) is 4.90 Å². The molecule has 6 nitrogen and oxygen atoms in total. The van der Waals surface area contributed by atoms with Crippen LogP contribution in [0.25, 0.3) is 0 Å². The first-order valence-corrected chi connectivity index (χ1v) is 6.75. The van der Waals surface area contributed by atoms with Crippen LogP contribution in [0.15, 0.2) is 24.3 Å². The molecule has 1 aromatic rings. The number of hydrogen-bond donors (Lipinski definition) is 1. The molecule has 1 fully saturated rings. The molecule has 116 valence electrons. The van der Waals surface area contributed by atoms with Crippen molar-refractivity contribution in [3.8, 4) is 0 Å². The van der Waals surface area contributed by atoms with Gasteiger partial charge in [-0.2, -0.15) is 0 Å². The van der Waals surface area contributed by atoms with Gasteiger partial charge in [0.05, 0.1) is 10.8 Å². The molecule has 1 N–H and O–H groups in total. The van der Waals surface area contributed by atoms with Crippen molar-refractivity contribution in [2.24, 2.45) is 5.92 Å². The number of halogens is 1. The number of non-ortho nitro benzene ring substituents is 1. The zero-order chi connectivity index (χ0) is 14.5. The van der Waals surface area contributed by atoms with Crippen molar-refractivity contribution in [1.82, 2.24) is 4.90 Å². The molecule has 1 aliphatic rings. The Bertz CT molecular complexity index is 484. The number of nitrogens with zero attached hydrogens (tertiary/aromatic N) is 2. The molecule has 0 spiro atoms. The zero-order valence-corrected chi connectivity index (χ0v) is 12.4. The van der Waals surface area contributed by atoms with E-state index < -0.39 is 10.9 Å². The van der Waals surface area contributed by atoms with Crippen LogP contribution < -0.4 is 0 Å². The molecule has 0 aromatic heterocycles. The molecule has 21 heavy (non-hydrogen) atoms. The highest BCUT2D eigenvalue weighted by Crippen LogP contribution is 2.18. The first-order chi connectivity index (χ1) is 9.56. The Morgan fingerprint density at radius 1 is 1.29 bits per heavy atom. The molecule has 7 heteroatoms. The molecule has 1 heterocycles. The van der Waals surface area contributed by atoms with Crippen molar-refractivity contribution in [2.45, 2.75) is 19.3 Å². The third-order valence-corrected chi connectivity index (χ3v) is 3.80. The maximum atomic E-state index is 10.9. The van der Waals surface area contributed by atoms with Crippen LogP contribution in [0.3, 0.4) is 0 Å². The number of carbonyl (C=O) groups is 1. The lowest BCUT2D eigenvalue weighted by molar-refractivity contribution is -0.384. The zero-order valence-electron chi connectivity index (χ0n) is 11.6. The quantitative estimate of drug-likeness (QED) is 0.666. The van der Waals surface area contributed by atoms with Gasteiger partial charge < -0.3 is 10.0 Å². The molecule has 0 bridgehead atoms. The number of rotatable bonds is 5. The minimum absolute atomic E-state index is 0. The van der Waals surface area contributed by atoms with E-state index in [4.69, 9.17) is 5.11 Å². The summed E-state index contributed by atoms with van der Waals surface area (Å²) in [7, 11) is 0. The highest BCUT2D eigenvalue weighted by atomic mass is 35.5. The molecular weight excluding hydrogens is 296 g/mol.